The standard InChI is InChI=1S/C23H27N5O3S/c1-3-4-6-11-21(29)24-17(2)22-25-26-23(32-16-18-9-7-5-8-10-18)27(22)19-12-14-20(15-13-19)28(30)31/h5,7-10,12-15,17H,3-4,6,11,16H2,1-2H3,(H,24,29). The molecule has 0 bridgehead atoms. The molecular formula is C23H27N5O3S. The fourth-order valence-electron chi connectivity index (χ4n) is 3.26. The highest BCUT2D eigenvalue weighted by molar-refractivity contribution is 7.98. The Kier molecular flexibility index (Phi) is 8.38. The second-order valence-electron chi connectivity index (χ2n) is 7.47. The molecule has 168 valence electrons. The van der Waals surface area contributed by atoms with E-state index in [1.54, 1.807) is 12.1 Å². The Bertz CT molecular complexity index is 1040. The molecule has 3 aromatic rings. The normalized spacial score (nSPS) is 11.8. The highest BCUT2D eigenvalue weighted by Gasteiger charge is 2.21. The number of carbonyl (C=O) groups excluding carboxylic acids is 1. The number of aromatic nitrogens is 3. The molecule has 1 heterocycles. The number of unbranched alkanes of at least 4 members (excludes halogenated alkanes) is 2. The van der Waals surface area contributed by atoms with E-state index >= 15 is 0 Å². The number of rotatable bonds is 11. The fraction of sp³-hybridized carbons (Fsp3) is 0.348. The van der Waals surface area contributed by atoms with Gasteiger partial charge in [-0.3, -0.25) is 19.5 Å². The summed E-state index contributed by atoms with van der Waals surface area (Å²) in [5.74, 6) is 1.25. The Morgan fingerprint density at radius 3 is 2.50 bits per heavy atom. The summed E-state index contributed by atoms with van der Waals surface area (Å²) in [7, 11) is 0. The number of nitro groups is 1. The van der Waals surface area contributed by atoms with Crippen LogP contribution in [0.25, 0.3) is 5.69 Å². The second kappa shape index (κ2) is 11.4. The lowest BCUT2D eigenvalue weighted by Crippen LogP contribution is -2.28. The van der Waals surface area contributed by atoms with Gasteiger partial charge >= 0.3 is 0 Å². The van der Waals surface area contributed by atoms with E-state index in [9.17, 15) is 14.9 Å². The maximum Gasteiger partial charge on any atom is 0.269 e. The van der Waals surface area contributed by atoms with Gasteiger partial charge in [0.15, 0.2) is 11.0 Å². The van der Waals surface area contributed by atoms with Crippen LogP contribution in [0.5, 0.6) is 0 Å². The molecule has 3 rings (SSSR count). The summed E-state index contributed by atoms with van der Waals surface area (Å²) in [6.45, 7) is 3.97. The summed E-state index contributed by atoms with van der Waals surface area (Å²) in [5, 5.41) is 23.4. The Morgan fingerprint density at radius 2 is 1.84 bits per heavy atom. The van der Waals surface area contributed by atoms with Gasteiger partial charge in [-0.05, 0) is 31.0 Å². The molecule has 0 aliphatic heterocycles. The number of thioether (sulfide) groups is 1. The quantitative estimate of drug-likeness (QED) is 0.185. The first-order valence-electron chi connectivity index (χ1n) is 10.7. The van der Waals surface area contributed by atoms with Crippen molar-refractivity contribution in [3.05, 3.63) is 76.1 Å². The lowest BCUT2D eigenvalue weighted by atomic mass is 10.2. The van der Waals surface area contributed by atoms with Gasteiger partial charge in [0.2, 0.25) is 5.91 Å². The zero-order valence-corrected chi connectivity index (χ0v) is 19.0. The Hall–Kier alpha value is -3.20. The third-order valence-corrected chi connectivity index (χ3v) is 5.96. The smallest absolute Gasteiger partial charge is 0.269 e. The maximum absolute atomic E-state index is 12.3. The van der Waals surface area contributed by atoms with Crippen molar-refractivity contribution in [1.29, 1.82) is 0 Å². The largest absolute Gasteiger partial charge is 0.346 e. The van der Waals surface area contributed by atoms with Crippen molar-refractivity contribution in [3.63, 3.8) is 0 Å². The minimum atomic E-state index is -0.429. The van der Waals surface area contributed by atoms with E-state index in [4.69, 9.17) is 0 Å². The molecule has 0 fully saturated rings. The number of nitrogens with zero attached hydrogens (tertiary/aromatic N) is 4. The molecule has 0 spiro atoms. The first-order chi connectivity index (χ1) is 15.5. The number of hydrogen-bond donors (Lipinski definition) is 1. The number of nitrogens with one attached hydrogen (secondary N) is 1. The van der Waals surface area contributed by atoms with E-state index in [1.807, 2.05) is 41.8 Å². The molecule has 0 saturated heterocycles. The number of amides is 1. The molecule has 1 atom stereocenters. The maximum atomic E-state index is 12.3. The van der Waals surface area contributed by atoms with Crippen molar-refractivity contribution in [2.45, 2.75) is 56.5 Å². The molecule has 8 nitrogen and oxygen atoms in total. The Balaban J connectivity index is 1.86. The first-order valence-corrected chi connectivity index (χ1v) is 11.6. The molecule has 1 unspecified atom stereocenters. The lowest BCUT2D eigenvalue weighted by Gasteiger charge is -2.16. The molecule has 2 aromatic carbocycles. The molecule has 32 heavy (non-hydrogen) atoms. The van der Waals surface area contributed by atoms with Gasteiger partial charge in [0, 0.05) is 30.0 Å². The van der Waals surface area contributed by atoms with Crippen LogP contribution in [0.2, 0.25) is 0 Å². The van der Waals surface area contributed by atoms with E-state index in [1.165, 1.54) is 23.9 Å². The van der Waals surface area contributed by atoms with Gasteiger partial charge in [0.25, 0.3) is 5.69 Å². The van der Waals surface area contributed by atoms with Crippen molar-refractivity contribution in [2.75, 3.05) is 0 Å². The minimum absolute atomic E-state index is 0.0131. The van der Waals surface area contributed by atoms with Crippen LogP contribution in [-0.4, -0.2) is 25.6 Å². The van der Waals surface area contributed by atoms with Crippen molar-refractivity contribution < 1.29 is 9.72 Å². The molecule has 1 N–H and O–H groups in total. The van der Waals surface area contributed by atoms with E-state index in [0.29, 0.717) is 28.8 Å². The van der Waals surface area contributed by atoms with E-state index in [-0.39, 0.29) is 17.6 Å². The molecule has 1 amide bonds. The topological polar surface area (TPSA) is 103 Å². The fourth-order valence-corrected chi connectivity index (χ4v) is 4.17. The Morgan fingerprint density at radius 1 is 1.12 bits per heavy atom. The molecule has 1 aromatic heterocycles. The van der Waals surface area contributed by atoms with Crippen LogP contribution in [0.4, 0.5) is 5.69 Å². The van der Waals surface area contributed by atoms with E-state index in [2.05, 4.69) is 22.4 Å². The molecule has 0 saturated carbocycles. The number of carbonyl (C=O) groups is 1. The van der Waals surface area contributed by atoms with E-state index in [0.717, 1.165) is 24.8 Å². The molecule has 0 aliphatic rings. The summed E-state index contributed by atoms with van der Waals surface area (Å²) in [6, 6.07) is 15.9. The van der Waals surface area contributed by atoms with Crippen molar-refractivity contribution in [2.24, 2.45) is 0 Å². The summed E-state index contributed by atoms with van der Waals surface area (Å²) < 4.78 is 1.86. The summed E-state index contributed by atoms with van der Waals surface area (Å²) >= 11 is 1.52. The SMILES string of the molecule is CCCCCC(=O)NC(C)c1nnc(SCc2ccccc2)n1-c1ccc([N+](=O)[O-])cc1. The molecular weight excluding hydrogens is 426 g/mol. The van der Waals surface area contributed by atoms with Crippen LogP contribution < -0.4 is 5.32 Å². The van der Waals surface area contributed by atoms with Crippen LogP contribution in [0.3, 0.4) is 0 Å². The van der Waals surface area contributed by atoms with Crippen LogP contribution in [0.1, 0.15) is 57.0 Å². The zero-order chi connectivity index (χ0) is 22.9. The van der Waals surface area contributed by atoms with Gasteiger partial charge in [0.05, 0.1) is 11.0 Å². The van der Waals surface area contributed by atoms with Gasteiger partial charge in [-0.15, -0.1) is 10.2 Å². The van der Waals surface area contributed by atoms with Gasteiger partial charge in [-0.1, -0.05) is 61.9 Å². The molecule has 0 radical (unpaired) electrons. The van der Waals surface area contributed by atoms with E-state index < -0.39 is 4.92 Å². The van der Waals surface area contributed by atoms with Crippen molar-refractivity contribution in [1.82, 2.24) is 20.1 Å². The average Bonchev–Trinajstić information content (AvgIpc) is 3.22. The summed E-state index contributed by atoms with van der Waals surface area (Å²) in [6.07, 6.45) is 3.39. The van der Waals surface area contributed by atoms with Crippen molar-refractivity contribution >= 4 is 23.4 Å². The van der Waals surface area contributed by atoms with Gasteiger partial charge in [-0.2, -0.15) is 0 Å². The first kappa shape index (κ1) is 23.5. The van der Waals surface area contributed by atoms with Gasteiger partial charge in [-0.25, -0.2) is 0 Å². The molecule has 0 aliphatic carbocycles. The zero-order valence-electron chi connectivity index (χ0n) is 18.2. The predicted molar refractivity (Wildman–Crippen MR) is 125 cm³/mol. The predicted octanol–water partition coefficient (Wildman–Crippen LogP) is 5.23. The van der Waals surface area contributed by atoms with Gasteiger partial charge in [0.1, 0.15) is 0 Å². The highest BCUT2D eigenvalue weighted by atomic mass is 32.2. The number of nitro benzene ring substituents is 1. The lowest BCUT2D eigenvalue weighted by molar-refractivity contribution is -0.384. The van der Waals surface area contributed by atoms with Crippen LogP contribution >= 0.6 is 11.8 Å². The van der Waals surface area contributed by atoms with Crippen LogP contribution in [0.15, 0.2) is 59.8 Å². The number of benzene rings is 2. The van der Waals surface area contributed by atoms with Gasteiger partial charge < -0.3 is 5.32 Å². The van der Waals surface area contributed by atoms with Crippen LogP contribution in [-0.2, 0) is 10.5 Å². The number of non-ortho nitro benzene ring substituents is 1. The summed E-state index contributed by atoms with van der Waals surface area (Å²) in [5.41, 5.74) is 1.87. The van der Waals surface area contributed by atoms with Crippen molar-refractivity contribution in [3.8, 4) is 5.69 Å². The third kappa shape index (κ3) is 6.16. The average molecular weight is 454 g/mol. The minimum Gasteiger partial charge on any atom is -0.346 e. The third-order valence-electron chi connectivity index (χ3n) is 4.96. The monoisotopic (exact) mass is 453 g/mol. The Labute approximate surface area is 191 Å². The van der Waals surface area contributed by atoms with Crippen LogP contribution in [0, 0.1) is 10.1 Å². The molecule has 9 heteroatoms. The highest BCUT2D eigenvalue weighted by Crippen LogP contribution is 2.28. The summed E-state index contributed by atoms with van der Waals surface area (Å²) in [4.78, 5) is 23.0. The second-order valence-corrected chi connectivity index (χ2v) is 8.41. The number of hydrogen-bond acceptors (Lipinski definition) is 6.